The maximum Gasteiger partial charge on any atom is 0.410 e. The number of carbonyl (C=O) groups excluding carboxylic acids is 1. The zero-order valence-electron chi connectivity index (χ0n) is 19.4. The Morgan fingerprint density at radius 3 is 2.42 bits per heavy atom. The maximum atomic E-state index is 12.2. The molecule has 33 heavy (non-hydrogen) atoms. The molecule has 6 heteroatoms. The quantitative estimate of drug-likeness (QED) is 0.393. The van der Waals surface area contributed by atoms with E-state index in [0.717, 1.165) is 43.8 Å². The number of ether oxygens (including phenoxy) is 2. The summed E-state index contributed by atoms with van der Waals surface area (Å²) in [6.07, 6.45) is 2.73. The van der Waals surface area contributed by atoms with E-state index in [1.54, 1.807) is 10.4 Å². The molecular weight excluding hydrogens is 432 g/mol. The first-order chi connectivity index (χ1) is 16.0. The Labute approximate surface area is 200 Å². The minimum absolute atomic E-state index is 0.0465. The SMILES string of the molecule is CC(C)(c1ccccc1)c1ccc(OCCC2CCN(C(=O)OCc3cscn3)CC2)cc1. The summed E-state index contributed by atoms with van der Waals surface area (Å²) in [6, 6.07) is 19.1. The molecule has 1 aliphatic heterocycles. The molecule has 174 valence electrons. The first-order valence-electron chi connectivity index (χ1n) is 11.6. The highest BCUT2D eigenvalue weighted by molar-refractivity contribution is 7.07. The van der Waals surface area contributed by atoms with Crippen LogP contribution < -0.4 is 4.74 Å². The van der Waals surface area contributed by atoms with Gasteiger partial charge in [0.15, 0.2) is 0 Å². The molecular formula is C27H32N2O3S. The molecule has 0 atom stereocenters. The minimum atomic E-state index is -0.240. The number of nitrogens with zero attached hydrogens (tertiary/aromatic N) is 2. The van der Waals surface area contributed by atoms with Crippen molar-refractivity contribution in [1.82, 2.24) is 9.88 Å². The first-order valence-corrected chi connectivity index (χ1v) is 12.5. The van der Waals surface area contributed by atoms with Crippen LogP contribution in [0.1, 0.15) is 49.9 Å². The van der Waals surface area contributed by atoms with Crippen molar-refractivity contribution in [2.45, 2.75) is 45.1 Å². The van der Waals surface area contributed by atoms with Crippen LogP contribution in [0.2, 0.25) is 0 Å². The standard InChI is InChI=1S/C27H32N2O3S/c1-27(2,22-6-4-3-5-7-22)23-8-10-25(11-9-23)31-17-14-21-12-15-29(16-13-21)26(30)32-18-24-19-33-20-28-24/h3-11,19-21H,12-18H2,1-2H3. The summed E-state index contributed by atoms with van der Waals surface area (Å²) >= 11 is 1.51. The molecule has 0 saturated carbocycles. The average molecular weight is 465 g/mol. The second-order valence-corrected chi connectivity index (χ2v) is 9.84. The summed E-state index contributed by atoms with van der Waals surface area (Å²) in [5, 5.41) is 1.90. The van der Waals surface area contributed by atoms with Gasteiger partial charge in [0.25, 0.3) is 0 Å². The minimum Gasteiger partial charge on any atom is -0.494 e. The second-order valence-electron chi connectivity index (χ2n) is 9.12. The lowest BCUT2D eigenvalue weighted by atomic mass is 9.78. The van der Waals surface area contributed by atoms with E-state index in [9.17, 15) is 4.79 Å². The van der Waals surface area contributed by atoms with Crippen LogP contribution in [0.15, 0.2) is 65.5 Å². The lowest BCUT2D eigenvalue weighted by molar-refractivity contribution is 0.0792. The first kappa shape index (κ1) is 23.3. The Kier molecular flexibility index (Phi) is 7.65. The van der Waals surface area contributed by atoms with Crippen LogP contribution in [0.5, 0.6) is 5.75 Å². The van der Waals surface area contributed by atoms with E-state index < -0.39 is 0 Å². The van der Waals surface area contributed by atoms with Gasteiger partial charge < -0.3 is 14.4 Å². The molecule has 1 amide bonds. The monoisotopic (exact) mass is 464 g/mol. The second kappa shape index (κ2) is 10.8. The van der Waals surface area contributed by atoms with Gasteiger partial charge >= 0.3 is 6.09 Å². The molecule has 5 nitrogen and oxygen atoms in total. The molecule has 0 radical (unpaired) electrons. The molecule has 1 aromatic heterocycles. The van der Waals surface area contributed by atoms with Gasteiger partial charge in [-0.2, -0.15) is 0 Å². The Hall–Kier alpha value is -2.86. The topological polar surface area (TPSA) is 51.7 Å². The fourth-order valence-corrected chi connectivity index (χ4v) is 4.82. The number of hydrogen-bond acceptors (Lipinski definition) is 5. The Morgan fingerprint density at radius 2 is 1.76 bits per heavy atom. The van der Waals surface area contributed by atoms with Crippen LogP contribution in [-0.2, 0) is 16.8 Å². The third-order valence-electron chi connectivity index (χ3n) is 6.57. The Bertz CT molecular complexity index is 996. The number of thiazole rings is 1. The van der Waals surface area contributed by atoms with E-state index in [0.29, 0.717) is 12.5 Å². The molecule has 0 N–H and O–H groups in total. The van der Waals surface area contributed by atoms with Gasteiger partial charge in [0.1, 0.15) is 12.4 Å². The third-order valence-corrected chi connectivity index (χ3v) is 7.20. The number of amides is 1. The van der Waals surface area contributed by atoms with Crippen molar-refractivity contribution in [2.75, 3.05) is 19.7 Å². The smallest absolute Gasteiger partial charge is 0.410 e. The zero-order chi connectivity index (χ0) is 23.1. The summed E-state index contributed by atoms with van der Waals surface area (Å²) in [7, 11) is 0. The molecule has 2 heterocycles. The third kappa shape index (κ3) is 6.14. The van der Waals surface area contributed by atoms with E-state index in [4.69, 9.17) is 9.47 Å². The summed E-state index contributed by atoms with van der Waals surface area (Å²) < 4.78 is 11.4. The lowest BCUT2D eigenvalue weighted by Gasteiger charge is -2.31. The molecule has 0 spiro atoms. The highest BCUT2D eigenvalue weighted by Gasteiger charge is 2.24. The van der Waals surface area contributed by atoms with Gasteiger partial charge in [-0.3, -0.25) is 0 Å². The molecule has 0 bridgehead atoms. The Balaban J connectivity index is 1.18. The molecule has 0 unspecified atom stereocenters. The molecule has 1 fully saturated rings. The normalized spacial score (nSPS) is 14.8. The summed E-state index contributed by atoms with van der Waals surface area (Å²) in [5.41, 5.74) is 5.08. The fraction of sp³-hybridized carbons (Fsp3) is 0.407. The largest absolute Gasteiger partial charge is 0.494 e. The van der Waals surface area contributed by atoms with Crippen molar-refractivity contribution in [3.8, 4) is 5.75 Å². The summed E-state index contributed by atoms with van der Waals surface area (Å²) in [6.45, 7) is 6.92. The predicted molar refractivity (Wildman–Crippen MR) is 132 cm³/mol. The van der Waals surface area contributed by atoms with Gasteiger partial charge in [0, 0.05) is 23.9 Å². The van der Waals surface area contributed by atoms with Crippen LogP contribution in [-0.4, -0.2) is 35.7 Å². The van der Waals surface area contributed by atoms with Crippen LogP contribution in [0, 0.1) is 5.92 Å². The molecule has 0 aliphatic carbocycles. The van der Waals surface area contributed by atoms with Crippen LogP contribution in [0.4, 0.5) is 4.79 Å². The maximum absolute atomic E-state index is 12.2. The van der Waals surface area contributed by atoms with Crippen molar-refractivity contribution >= 4 is 17.4 Å². The van der Waals surface area contributed by atoms with E-state index in [-0.39, 0.29) is 18.1 Å². The van der Waals surface area contributed by atoms with Crippen molar-refractivity contribution in [2.24, 2.45) is 5.92 Å². The average Bonchev–Trinajstić information content (AvgIpc) is 3.38. The van der Waals surface area contributed by atoms with E-state index in [1.807, 2.05) is 5.38 Å². The number of piperidine rings is 1. The van der Waals surface area contributed by atoms with Crippen LogP contribution in [0.3, 0.4) is 0 Å². The fourth-order valence-electron chi connectivity index (χ4n) is 4.27. The predicted octanol–water partition coefficient (Wildman–Crippen LogP) is 6.29. The number of rotatable bonds is 8. The van der Waals surface area contributed by atoms with E-state index >= 15 is 0 Å². The van der Waals surface area contributed by atoms with Gasteiger partial charge in [-0.05, 0) is 48.4 Å². The molecule has 1 saturated heterocycles. The molecule has 1 aliphatic rings. The molecule has 2 aromatic carbocycles. The number of likely N-dealkylation sites (tertiary alicyclic amines) is 1. The van der Waals surface area contributed by atoms with E-state index in [2.05, 4.69) is 73.4 Å². The highest BCUT2D eigenvalue weighted by atomic mass is 32.1. The van der Waals surface area contributed by atoms with Crippen LogP contribution >= 0.6 is 11.3 Å². The van der Waals surface area contributed by atoms with Gasteiger partial charge in [-0.15, -0.1) is 11.3 Å². The number of hydrogen-bond donors (Lipinski definition) is 0. The van der Waals surface area contributed by atoms with Crippen molar-refractivity contribution < 1.29 is 14.3 Å². The summed E-state index contributed by atoms with van der Waals surface area (Å²) in [4.78, 5) is 18.2. The molecule has 3 aromatic rings. The van der Waals surface area contributed by atoms with Gasteiger partial charge in [0.2, 0.25) is 0 Å². The number of aromatic nitrogens is 1. The van der Waals surface area contributed by atoms with Gasteiger partial charge in [-0.25, -0.2) is 9.78 Å². The summed E-state index contributed by atoms with van der Waals surface area (Å²) in [5.74, 6) is 1.48. The van der Waals surface area contributed by atoms with Crippen LogP contribution in [0.25, 0.3) is 0 Å². The highest BCUT2D eigenvalue weighted by Crippen LogP contribution is 2.32. The Morgan fingerprint density at radius 1 is 1.06 bits per heavy atom. The van der Waals surface area contributed by atoms with Crippen molar-refractivity contribution in [1.29, 1.82) is 0 Å². The van der Waals surface area contributed by atoms with Crippen molar-refractivity contribution in [3.05, 3.63) is 82.3 Å². The number of carbonyl (C=O) groups is 1. The van der Waals surface area contributed by atoms with Gasteiger partial charge in [0.05, 0.1) is 17.8 Å². The van der Waals surface area contributed by atoms with Crippen molar-refractivity contribution in [3.63, 3.8) is 0 Å². The zero-order valence-corrected chi connectivity index (χ0v) is 20.2. The lowest BCUT2D eigenvalue weighted by Crippen LogP contribution is -2.39. The molecule has 4 rings (SSSR count). The van der Waals surface area contributed by atoms with E-state index in [1.165, 1.54) is 22.5 Å². The van der Waals surface area contributed by atoms with Gasteiger partial charge in [-0.1, -0.05) is 56.3 Å². The number of benzene rings is 2.